The van der Waals surface area contributed by atoms with Gasteiger partial charge in [-0.2, -0.15) is 0 Å². The fourth-order valence-corrected chi connectivity index (χ4v) is 4.75. The summed E-state index contributed by atoms with van der Waals surface area (Å²) in [4.78, 5) is 16.5. The van der Waals surface area contributed by atoms with Crippen molar-refractivity contribution in [3.05, 3.63) is 0 Å². The number of carbonyl (C=O) groups is 1. The monoisotopic (exact) mass is 309 g/mol. The normalized spacial score (nSPS) is 33.2. The molecule has 7 heteroatoms. The maximum absolute atomic E-state index is 12.3. The molecule has 2 unspecified atom stereocenters. The van der Waals surface area contributed by atoms with Crippen LogP contribution in [0.4, 0.5) is 0 Å². The second-order valence-electron chi connectivity index (χ2n) is 5.84. The molecule has 2 atom stereocenters. The molecule has 3 rings (SSSR count). The van der Waals surface area contributed by atoms with Crippen molar-refractivity contribution in [1.29, 1.82) is 0 Å². The number of Topliss-reactive ketones (excluding diaryl/α,β-unsaturated/α-hetero) is 1. The molecule has 0 amide bonds. The Bertz CT molecular complexity index is 355. The average Bonchev–Trinajstić information content (AvgIpc) is 2.88. The van der Waals surface area contributed by atoms with Crippen LogP contribution in [-0.2, 0) is 4.79 Å². The number of ketones is 1. The van der Waals surface area contributed by atoms with Gasteiger partial charge in [0.2, 0.25) is 0 Å². The van der Waals surface area contributed by atoms with Gasteiger partial charge in [0.25, 0.3) is 0 Å². The number of thioether (sulfide) groups is 1. The van der Waals surface area contributed by atoms with Crippen molar-refractivity contribution in [1.82, 2.24) is 14.9 Å². The van der Waals surface area contributed by atoms with Gasteiger partial charge in [-0.1, -0.05) is 19.3 Å². The number of likely N-dealkylation sites (N-methyl/N-ethyl adjacent to an activating group) is 1. The first-order chi connectivity index (χ1) is 9.18. The van der Waals surface area contributed by atoms with E-state index in [4.69, 9.17) is 0 Å². The second kappa shape index (κ2) is 7.42. The molecule has 1 N–H and O–H groups in total. The first kappa shape index (κ1) is 17.2. The Labute approximate surface area is 147 Å². The van der Waals surface area contributed by atoms with Gasteiger partial charge in [0.1, 0.15) is 11.7 Å². The third kappa shape index (κ3) is 3.27. The van der Waals surface area contributed by atoms with Crippen LogP contribution in [0.1, 0.15) is 32.1 Å². The van der Waals surface area contributed by atoms with E-state index in [1.165, 1.54) is 24.3 Å². The van der Waals surface area contributed by atoms with E-state index in [2.05, 4.69) is 9.80 Å². The van der Waals surface area contributed by atoms with Crippen LogP contribution in [0.2, 0.25) is 0 Å². The standard InChI is InChI=1S/C13H23N3O2S.Na.H/c1-14(10-5-3-2-4-6-10)12-11(17)9-15-7-8-19-13(15)16(12)18;;/h10,12-13,18H,2-9H2,1H3;;. The van der Waals surface area contributed by atoms with Gasteiger partial charge in [0.15, 0.2) is 5.78 Å². The summed E-state index contributed by atoms with van der Waals surface area (Å²) in [6.07, 6.45) is 5.63. The van der Waals surface area contributed by atoms with Crippen molar-refractivity contribution >= 4 is 47.1 Å². The molecule has 0 spiro atoms. The second-order valence-corrected chi connectivity index (χ2v) is 7.01. The van der Waals surface area contributed by atoms with Crippen LogP contribution in [0.5, 0.6) is 0 Å². The summed E-state index contributed by atoms with van der Waals surface area (Å²) in [5.74, 6) is 1.13. The van der Waals surface area contributed by atoms with Crippen LogP contribution < -0.4 is 0 Å². The molecule has 0 aromatic heterocycles. The summed E-state index contributed by atoms with van der Waals surface area (Å²) in [6, 6.07) is 0.440. The number of hydroxylamine groups is 2. The Morgan fingerprint density at radius 2 is 2.00 bits per heavy atom. The van der Waals surface area contributed by atoms with Gasteiger partial charge in [0, 0.05) is 18.3 Å². The molecule has 1 aliphatic carbocycles. The SMILES string of the molecule is CN(C1CCCCC1)C1C(=O)CN2CCSC2N1O.[NaH]. The predicted octanol–water partition coefficient (Wildman–Crippen LogP) is 0.535. The van der Waals surface area contributed by atoms with Crippen LogP contribution in [0, 0.1) is 0 Å². The fraction of sp³-hybridized carbons (Fsp3) is 0.923. The van der Waals surface area contributed by atoms with Gasteiger partial charge in [-0.15, -0.1) is 16.8 Å². The maximum atomic E-state index is 12.3. The Hall–Kier alpha value is 0.860. The number of hydrogen-bond acceptors (Lipinski definition) is 6. The zero-order valence-corrected chi connectivity index (χ0v) is 12.3. The van der Waals surface area contributed by atoms with Gasteiger partial charge in [-0.25, -0.2) is 0 Å². The molecule has 3 fully saturated rings. The Morgan fingerprint density at radius 1 is 1.30 bits per heavy atom. The number of rotatable bonds is 2. The Balaban J connectivity index is 0.00000147. The van der Waals surface area contributed by atoms with E-state index < -0.39 is 6.17 Å². The summed E-state index contributed by atoms with van der Waals surface area (Å²) in [5.41, 5.74) is -0.0336. The van der Waals surface area contributed by atoms with Crippen molar-refractivity contribution in [2.45, 2.75) is 49.8 Å². The quantitative estimate of drug-likeness (QED) is 0.751. The van der Waals surface area contributed by atoms with E-state index in [0.29, 0.717) is 12.6 Å². The molecular weight excluding hydrogens is 285 g/mol. The first-order valence-electron chi connectivity index (χ1n) is 7.26. The van der Waals surface area contributed by atoms with E-state index in [0.717, 1.165) is 25.1 Å². The van der Waals surface area contributed by atoms with E-state index in [1.54, 1.807) is 11.8 Å². The molecule has 2 aliphatic heterocycles. The molecule has 1 saturated carbocycles. The zero-order valence-electron chi connectivity index (χ0n) is 11.5. The Kier molecular flexibility index (Phi) is 6.39. The van der Waals surface area contributed by atoms with Crippen LogP contribution in [0.25, 0.3) is 0 Å². The average molecular weight is 309 g/mol. The number of hydrogen-bond donors (Lipinski definition) is 1. The van der Waals surface area contributed by atoms with Crippen LogP contribution in [0.3, 0.4) is 0 Å². The zero-order chi connectivity index (χ0) is 13.4. The topological polar surface area (TPSA) is 47.0 Å². The molecule has 5 nitrogen and oxygen atoms in total. The molecule has 20 heavy (non-hydrogen) atoms. The van der Waals surface area contributed by atoms with Crippen LogP contribution in [0.15, 0.2) is 0 Å². The van der Waals surface area contributed by atoms with E-state index in [-0.39, 0.29) is 40.8 Å². The van der Waals surface area contributed by atoms with Crippen molar-refractivity contribution in [3.8, 4) is 0 Å². The summed E-state index contributed by atoms with van der Waals surface area (Å²) in [6.45, 7) is 1.38. The summed E-state index contributed by atoms with van der Waals surface area (Å²) < 4.78 is 0. The van der Waals surface area contributed by atoms with Gasteiger partial charge in [-0.05, 0) is 19.9 Å². The molecule has 110 valence electrons. The third-order valence-electron chi connectivity index (χ3n) is 4.62. The van der Waals surface area contributed by atoms with Crippen molar-refractivity contribution < 1.29 is 10.0 Å². The van der Waals surface area contributed by atoms with E-state index in [1.807, 2.05) is 7.05 Å². The van der Waals surface area contributed by atoms with Crippen molar-refractivity contribution in [3.63, 3.8) is 0 Å². The van der Waals surface area contributed by atoms with Crippen LogP contribution in [-0.4, -0.2) is 99.0 Å². The molecule has 0 bridgehead atoms. The molecule has 2 saturated heterocycles. The fourth-order valence-electron chi connectivity index (χ4n) is 3.54. The molecule has 3 aliphatic rings. The minimum absolute atomic E-state index is 0. The molecular formula is C13H24N3NaO2S. The van der Waals surface area contributed by atoms with Gasteiger partial charge >= 0.3 is 29.6 Å². The van der Waals surface area contributed by atoms with Crippen molar-refractivity contribution in [2.75, 3.05) is 25.9 Å². The third-order valence-corrected chi connectivity index (χ3v) is 5.85. The summed E-state index contributed by atoms with van der Waals surface area (Å²) in [7, 11) is 2.00. The van der Waals surface area contributed by atoms with Crippen LogP contribution >= 0.6 is 11.8 Å². The van der Waals surface area contributed by atoms with Crippen molar-refractivity contribution in [2.24, 2.45) is 0 Å². The Morgan fingerprint density at radius 3 is 2.70 bits per heavy atom. The minimum atomic E-state index is -0.449. The van der Waals surface area contributed by atoms with E-state index >= 15 is 0 Å². The van der Waals surface area contributed by atoms with Gasteiger partial charge in [0.05, 0.1) is 6.54 Å². The summed E-state index contributed by atoms with van der Waals surface area (Å²) in [5, 5.41) is 11.7. The number of nitrogens with zero attached hydrogens (tertiary/aromatic N) is 3. The molecule has 2 heterocycles. The first-order valence-corrected chi connectivity index (χ1v) is 8.31. The summed E-state index contributed by atoms with van der Waals surface area (Å²) >= 11 is 1.73. The van der Waals surface area contributed by atoms with E-state index in [9.17, 15) is 10.0 Å². The number of fused-ring (bicyclic) bond motifs is 1. The van der Waals surface area contributed by atoms with Gasteiger partial charge in [-0.3, -0.25) is 14.6 Å². The molecule has 0 aromatic rings. The molecule has 0 radical (unpaired) electrons. The predicted molar refractivity (Wildman–Crippen MR) is 82.0 cm³/mol. The van der Waals surface area contributed by atoms with Gasteiger partial charge < -0.3 is 5.21 Å². The number of carbonyl (C=O) groups excluding carboxylic acids is 1. The molecule has 0 aromatic carbocycles.